The Morgan fingerprint density at radius 2 is 1.89 bits per heavy atom. The first-order chi connectivity index (χ1) is 17.4. The summed E-state index contributed by atoms with van der Waals surface area (Å²) in [6.07, 6.45) is 5.52. The molecule has 0 radical (unpaired) electrons. The second kappa shape index (κ2) is 11.2. The van der Waals surface area contributed by atoms with Crippen LogP contribution in [0.5, 0.6) is 17.2 Å². The van der Waals surface area contributed by atoms with Gasteiger partial charge in [-0.25, -0.2) is 0 Å². The third kappa shape index (κ3) is 5.32. The Morgan fingerprint density at radius 1 is 1.08 bits per heavy atom. The number of nitrogens with zero attached hydrogens (tertiary/aromatic N) is 1. The fourth-order valence-corrected chi connectivity index (χ4v) is 4.51. The molecule has 0 atom stereocenters. The normalized spacial score (nSPS) is 13.8. The molecule has 36 heavy (non-hydrogen) atoms. The van der Waals surface area contributed by atoms with Gasteiger partial charge in [0, 0.05) is 60.3 Å². The zero-order chi connectivity index (χ0) is 25.7. The highest BCUT2D eigenvalue weighted by Gasteiger charge is 2.20. The predicted octanol–water partition coefficient (Wildman–Crippen LogP) is 4.66. The molecule has 3 aromatic rings. The van der Waals surface area contributed by atoms with E-state index in [9.17, 15) is 9.59 Å². The van der Waals surface area contributed by atoms with Gasteiger partial charge in [-0.1, -0.05) is 0 Å². The van der Waals surface area contributed by atoms with E-state index >= 15 is 0 Å². The molecule has 2 heterocycles. The van der Waals surface area contributed by atoms with Gasteiger partial charge in [-0.05, 0) is 49.6 Å². The van der Waals surface area contributed by atoms with Gasteiger partial charge >= 0.3 is 0 Å². The summed E-state index contributed by atoms with van der Waals surface area (Å²) in [6, 6.07) is 9.38. The van der Waals surface area contributed by atoms with Gasteiger partial charge in [-0.15, -0.1) is 0 Å². The Labute approximate surface area is 210 Å². The summed E-state index contributed by atoms with van der Waals surface area (Å²) in [5.74, 6) is 2.01. The average molecular weight is 493 g/mol. The number of benzene rings is 2. The maximum absolute atomic E-state index is 12.6. The Bertz CT molecular complexity index is 1290. The minimum atomic E-state index is -0.190. The van der Waals surface area contributed by atoms with E-state index in [1.54, 1.807) is 33.7 Å². The molecule has 2 aromatic carbocycles. The van der Waals surface area contributed by atoms with Gasteiger partial charge in [0.15, 0.2) is 0 Å². The minimum absolute atomic E-state index is 0.190. The monoisotopic (exact) mass is 492 g/mol. The van der Waals surface area contributed by atoms with Crippen molar-refractivity contribution >= 4 is 28.4 Å². The van der Waals surface area contributed by atoms with Crippen LogP contribution in [0.1, 0.15) is 31.7 Å². The van der Waals surface area contributed by atoms with Gasteiger partial charge in [-0.3, -0.25) is 9.59 Å². The molecule has 8 heteroatoms. The lowest BCUT2D eigenvalue weighted by Crippen LogP contribution is -2.30. The van der Waals surface area contributed by atoms with Crippen LogP contribution >= 0.6 is 0 Å². The molecule has 2 amide bonds. The van der Waals surface area contributed by atoms with Crippen molar-refractivity contribution in [3.05, 3.63) is 48.2 Å². The lowest BCUT2D eigenvalue weighted by atomic mass is 9.98. The van der Waals surface area contributed by atoms with Crippen molar-refractivity contribution in [2.24, 2.45) is 0 Å². The van der Waals surface area contributed by atoms with Crippen LogP contribution in [0, 0.1) is 0 Å². The molecule has 1 aromatic heterocycles. The number of hydrogen-bond donors (Lipinski definition) is 1. The molecule has 1 saturated heterocycles. The molecule has 1 N–H and O–H groups in total. The fourth-order valence-electron chi connectivity index (χ4n) is 4.51. The third-order valence-corrected chi connectivity index (χ3v) is 6.44. The second-order valence-corrected chi connectivity index (χ2v) is 8.72. The largest absolute Gasteiger partial charge is 0.497 e. The first kappa shape index (κ1) is 25.2. The number of amides is 2. The number of likely N-dealkylation sites (tertiary alicyclic amines) is 1. The maximum atomic E-state index is 12.6. The van der Waals surface area contributed by atoms with E-state index in [1.165, 1.54) is 0 Å². The smallest absolute Gasteiger partial charge is 0.244 e. The highest BCUT2D eigenvalue weighted by molar-refractivity contribution is 6.01. The van der Waals surface area contributed by atoms with Crippen molar-refractivity contribution in [1.82, 2.24) is 10.2 Å². The van der Waals surface area contributed by atoms with Crippen LogP contribution < -0.4 is 19.5 Å². The number of carbonyl (C=O) groups is 2. The predicted molar refractivity (Wildman–Crippen MR) is 138 cm³/mol. The van der Waals surface area contributed by atoms with E-state index in [-0.39, 0.29) is 11.8 Å². The van der Waals surface area contributed by atoms with Gasteiger partial charge in [0.2, 0.25) is 11.8 Å². The quantitative estimate of drug-likeness (QED) is 0.327. The summed E-state index contributed by atoms with van der Waals surface area (Å²) >= 11 is 0. The molecule has 1 fully saturated rings. The summed E-state index contributed by atoms with van der Waals surface area (Å²) in [4.78, 5) is 26.2. The standard InChI is InChI=1S/C28H32N2O6/c1-18(13-27(31)29-10-6-12-30-11-5-7-28(30)32)20-15-22-23(17-36-26(22)16-25(20)35-4)21-14-19(33-2)8-9-24(21)34-3/h8-9,13-17H,5-7,10-12H2,1-4H3,(H,29,31)/b18-13+. The van der Waals surface area contributed by atoms with E-state index in [4.69, 9.17) is 18.6 Å². The van der Waals surface area contributed by atoms with E-state index in [2.05, 4.69) is 5.32 Å². The van der Waals surface area contributed by atoms with E-state index < -0.39 is 0 Å². The minimum Gasteiger partial charge on any atom is -0.497 e. The highest BCUT2D eigenvalue weighted by atomic mass is 16.5. The SMILES string of the molecule is COc1ccc(OC)c(-c2coc3cc(OC)c(/C(C)=C/C(=O)NCCCN4CCCC4=O)cc23)c1. The Kier molecular flexibility index (Phi) is 7.83. The number of allylic oxidation sites excluding steroid dienone is 1. The van der Waals surface area contributed by atoms with Crippen LogP contribution in [0.2, 0.25) is 0 Å². The Morgan fingerprint density at radius 3 is 2.58 bits per heavy atom. The molecule has 4 rings (SSSR count). The first-order valence-electron chi connectivity index (χ1n) is 12.0. The van der Waals surface area contributed by atoms with Crippen molar-refractivity contribution in [1.29, 1.82) is 0 Å². The number of methoxy groups -OCH3 is 3. The van der Waals surface area contributed by atoms with Crippen LogP contribution in [0.15, 0.2) is 47.1 Å². The molecular formula is C28H32N2O6. The molecule has 190 valence electrons. The average Bonchev–Trinajstić information content (AvgIpc) is 3.50. The highest BCUT2D eigenvalue weighted by Crippen LogP contribution is 2.41. The van der Waals surface area contributed by atoms with E-state index in [0.29, 0.717) is 42.3 Å². The molecule has 1 aliphatic heterocycles. The maximum Gasteiger partial charge on any atom is 0.244 e. The third-order valence-electron chi connectivity index (χ3n) is 6.44. The molecule has 0 spiro atoms. The van der Waals surface area contributed by atoms with Crippen molar-refractivity contribution in [3.8, 4) is 28.4 Å². The molecular weight excluding hydrogens is 460 g/mol. The van der Waals surface area contributed by atoms with Gasteiger partial charge < -0.3 is 28.8 Å². The first-order valence-corrected chi connectivity index (χ1v) is 12.0. The van der Waals surface area contributed by atoms with Gasteiger partial charge in [0.05, 0.1) is 27.6 Å². The van der Waals surface area contributed by atoms with Crippen LogP contribution in [-0.4, -0.2) is 57.7 Å². The Hall–Kier alpha value is -3.94. The van der Waals surface area contributed by atoms with Crippen LogP contribution in [0.3, 0.4) is 0 Å². The summed E-state index contributed by atoms with van der Waals surface area (Å²) in [6.45, 7) is 3.86. The van der Waals surface area contributed by atoms with E-state index in [0.717, 1.165) is 47.0 Å². The van der Waals surface area contributed by atoms with Crippen LogP contribution in [0.4, 0.5) is 0 Å². The van der Waals surface area contributed by atoms with Crippen molar-refractivity contribution in [3.63, 3.8) is 0 Å². The molecule has 8 nitrogen and oxygen atoms in total. The van der Waals surface area contributed by atoms with E-state index in [1.807, 2.05) is 42.2 Å². The number of ether oxygens (including phenoxy) is 3. The summed E-state index contributed by atoms with van der Waals surface area (Å²) in [7, 11) is 4.83. The van der Waals surface area contributed by atoms with Crippen molar-refractivity contribution in [2.75, 3.05) is 41.0 Å². The van der Waals surface area contributed by atoms with Crippen molar-refractivity contribution in [2.45, 2.75) is 26.2 Å². The lowest BCUT2D eigenvalue weighted by Gasteiger charge is -2.15. The lowest BCUT2D eigenvalue weighted by molar-refractivity contribution is -0.127. The number of fused-ring (bicyclic) bond motifs is 1. The number of nitrogens with one attached hydrogen (secondary N) is 1. The molecule has 0 saturated carbocycles. The molecule has 0 aliphatic carbocycles. The number of furan rings is 1. The molecule has 0 bridgehead atoms. The zero-order valence-corrected chi connectivity index (χ0v) is 21.2. The summed E-state index contributed by atoms with van der Waals surface area (Å²) in [5.41, 5.74) is 3.88. The number of carbonyl (C=O) groups excluding carboxylic acids is 2. The van der Waals surface area contributed by atoms with Gasteiger partial charge in [0.1, 0.15) is 22.8 Å². The topological polar surface area (TPSA) is 90.2 Å². The zero-order valence-electron chi connectivity index (χ0n) is 21.2. The fraction of sp³-hybridized carbons (Fsp3) is 0.357. The summed E-state index contributed by atoms with van der Waals surface area (Å²) in [5, 5.41) is 3.78. The van der Waals surface area contributed by atoms with Gasteiger partial charge in [-0.2, -0.15) is 0 Å². The van der Waals surface area contributed by atoms with Crippen molar-refractivity contribution < 1.29 is 28.2 Å². The molecule has 1 aliphatic rings. The van der Waals surface area contributed by atoms with Crippen LogP contribution in [-0.2, 0) is 9.59 Å². The second-order valence-electron chi connectivity index (χ2n) is 8.72. The number of rotatable bonds is 10. The molecule has 0 unspecified atom stereocenters. The van der Waals surface area contributed by atoms with Gasteiger partial charge in [0.25, 0.3) is 0 Å². The summed E-state index contributed by atoms with van der Waals surface area (Å²) < 4.78 is 22.4. The Balaban J connectivity index is 1.56. The van der Waals surface area contributed by atoms with Crippen LogP contribution in [0.25, 0.3) is 27.7 Å². The number of hydrogen-bond acceptors (Lipinski definition) is 6.